The van der Waals surface area contributed by atoms with E-state index in [1.165, 1.54) is 12.8 Å². The van der Waals surface area contributed by atoms with Crippen molar-refractivity contribution in [2.24, 2.45) is 11.8 Å². The maximum atomic E-state index is 3.43. The van der Waals surface area contributed by atoms with Gasteiger partial charge in [0, 0.05) is 5.54 Å². The Bertz CT molecular complexity index is 122. The Morgan fingerprint density at radius 3 is 2.40 bits per heavy atom. The van der Waals surface area contributed by atoms with Crippen molar-refractivity contribution < 1.29 is 0 Å². The van der Waals surface area contributed by atoms with Crippen LogP contribution in [0.4, 0.5) is 0 Å². The normalized spacial score (nSPS) is 46.8. The highest BCUT2D eigenvalue weighted by Gasteiger charge is 2.46. The third kappa shape index (κ3) is 0.878. The minimum atomic E-state index is 0.439. The van der Waals surface area contributed by atoms with Crippen LogP contribution in [0.25, 0.3) is 0 Å². The van der Waals surface area contributed by atoms with Gasteiger partial charge in [-0.25, -0.2) is 0 Å². The molecule has 0 radical (unpaired) electrons. The van der Waals surface area contributed by atoms with Crippen LogP contribution in [0.1, 0.15) is 33.6 Å². The second-order valence-corrected chi connectivity index (χ2v) is 3.77. The Kier molecular flexibility index (Phi) is 2.04. The first-order chi connectivity index (χ1) is 4.65. The first kappa shape index (κ1) is 8.06. The fourth-order valence-electron chi connectivity index (χ4n) is 2.20. The lowest BCUT2D eigenvalue weighted by atomic mass is 9.59. The van der Waals surface area contributed by atoms with Crippen LogP contribution in [0.15, 0.2) is 0 Å². The van der Waals surface area contributed by atoms with Crippen molar-refractivity contribution in [1.82, 2.24) is 5.32 Å². The highest BCUT2D eigenvalue weighted by atomic mass is 15.0. The summed E-state index contributed by atoms with van der Waals surface area (Å²) in [5.41, 5.74) is 0.439. The molecule has 10 heavy (non-hydrogen) atoms. The summed E-state index contributed by atoms with van der Waals surface area (Å²) < 4.78 is 0. The lowest BCUT2D eigenvalue weighted by Gasteiger charge is -2.53. The monoisotopic (exact) mass is 141 g/mol. The molecule has 0 aliphatic heterocycles. The van der Waals surface area contributed by atoms with Crippen LogP contribution in [0, 0.1) is 11.8 Å². The zero-order valence-corrected chi connectivity index (χ0v) is 7.57. The van der Waals surface area contributed by atoms with Crippen molar-refractivity contribution in [2.75, 3.05) is 7.05 Å². The topological polar surface area (TPSA) is 12.0 Å². The molecule has 0 aromatic rings. The van der Waals surface area contributed by atoms with E-state index < -0.39 is 0 Å². The molecule has 3 atom stereocenters. The van der Waals surface area contributed by atoms with Gasteiger partial charge in [0.1, 0.15) is 0 Å². The summed E-state index contributed by atoms with van der Waals surface area (Å²) >= 11 is 0. The van der Waals surface area contributed by atoms with E-state index in [1.54, 1.807) is 0 Å². The van der Waals surface area contributed by atoms with Gasteiger partial charge in [0.15, 0.2) is 0 Å². The first-order valence-electron chi connectivity index (χ1n) is 4.34. The molecule has 1 aliphatic carbocycles. The van der Waals surface area contributed by atoms with Gasteiger partial charge in [-0.3, -0.25) is 0 Å². The quantitative estimate of drug-likeness (QED) is 0.620. The van der Waals surface area contributed by atoms with Crippen molar-refractivity contribution in [3.63, 3.8) is 0 Å². The smallest absolute Gasteiger partial charge is 0.0204 e. The second-order valence-electron chi connectivity index (χ2n) is 3.77. The van der Waals surface area contributed by atoms with Gasteiger partial charge >= 0.3 is 0 Å². The van der Waals surface area contributed by atoms with Crippen molar-refractivity contribution >= 4 is 0 Å². The molecule has 1 aliphatic rings. The molecule has 1 nitrogen and oxygen atoms in total. The fourth-order valence-corrected chi connectivity index (χ4v) is 2.20. The molecule has 1 fully saturated rings. The van der Waals surface area contributed by atoms with Gasteiger partial charge in [-0.2, -0.15) is 0 Å². The van der Waals surface area contributed by atoms with Crippen LogP contribution in [-0.2, 0) is 0 Å². The van der Waals surface area contributed by atoms with Crippen LogP contribution in [0.5, 0.6) is 0 Å². The maximum absolute atomic E-state index is 3.43. The van der Waals surface area contributed by atoms with Crippen molar-refractivity contribution in [1.29, 1.82) is 0 Å². The summed E-state index contributed by atoms with van der Waals surface area (Å²) in [5.74, 6) is 1.77. The number of nitrogens with one attached hydrogen (secondary N) is 1. The maximum Gasteiger partial charge on any atom is 0.0204 e. The lowest BCUT2D eigenvalue weighted by Crippen LogP contribution is -2.60. The summed E-state index contributed by atoms with van der Waals surface area (Å²) in [6, 6.07) is 0. The van der Waals surface area contributed by atoms with Gasteiger partial charge in [0.2, 0.25) is 0 Å². The molecule has 0 heterocycles. The van der Waals surface area contributed by atoms with Gasteiger partial charge in [-0.15, -0.1) is 0 Å². The molecule has 1 rings (SSSR count). The predicted octanol–water partition coefficient (Wildman–Crippen LogP) is 2.03. The Labute approximate surface area is 64.2 Å². The summed E-state index contributed by atoms with van der Waals surface area (Å²) in [6.07, 6.45) is 2.73. The third-order valence-corrected chi connectivity index (χ3v) is 3.54. The Hall–Kier alpha value is -0.0400. The van der Waals surface area contributed by atoms with Crippen LogP contribution in [0.2, 0.25) is 0 Å². The standard InChI is InChI=1S/C9H19N/c1-5-8-6-7(2)9(8,3)10-4/h7-8,10H,5-6H2,1-4H3. The molecule has 60 valence electrons. The fraction of sp³-hybridized carbons (Fsp3) is 1.00. The zero-order valence-electron chi connectivity index (χ0n) is 7.57. The highest BCUT2D eigenvalue weighted by molar-refractivity contribution is 5.02. The summed E-state index contributed by atoms with van der Waals surface area (Å²) in [5, 5.41) is 3.43. The average molecular weight is 141 g/mol. The molecule has 0 bridgehead atoms. The molecule has 0 saturated heterocycles. The van der Waals surface area contributed by atoms with Crippen LogP contribution >= 0.6 is 0 Å². The zero-order chi connectivity index (χ0) is 7.78. The van der Waals surface area contributed by atoms with Gasteiger partial charge in [-0.1, -0.05) is 20.3 Å². The van der Waals surface area contributed by atoms with E-state index in [9.17, 15) is 0 Å². The predicted molar refractivity (Wildman–Crippen MR) is 45.0 cm³/mol. The molecule has 1 saturated carbocycles. The Morgan fingerprint density at radius 1 is 1.60 bits per heavy atom. The first-order valence-corrected chi connectivity index (χ1v) is 4.34. The van der Waals surface area contributed by atoms with E-state index in [0.717, 1.165) is 11.8 Å². The number of rotatable bonds is 2. The number of hydrogen-bond donors (Lipinski definition) is 1. The largest absolute Gasteiger partial charge is 0.314 e. The highest BCUT2D eigenvalue weighted by Crippen LogP contribution is 2.44. The van der Waals surface area contributed by atoms with Crippen molar-refractivity contribution in [2.45, 2.75) is 39.2 Å². The molecular weight excluding hydrogens is 122 g/mol. The molecule has 0 aromatic carbocycles. The Morgan fingerprint density at radius 2 is 2.20 bits per heavy atom. The van der Waals surface area contributed by atoms with E-state index in [2.05, 4.69) is 33.1 Å². The second kappa shape index (κ2) is 2.54. The van der Waals surface area contributed by atoms with Gasteiger partial charge in [0.05, 0.1) is 0 Å². The molecule has 0 amide bonds. The van der Waals surface area contributed by atoms with Crippen molar-refractivity contribution in [3.05, 3.63) is 0 Å². The van der Waals surface area contributed by atoms with Gasteiger partial charge in [0.25, 0.3) is 0 Å². The molecule has 0 spiro atoms. The van der Waals surface area contributed by atoms with E-state index in [0.29, 0.717) is 5.54 Å². The SMILES string of the molecule is CCC1CC(C)C1(C)NC. The summed E-state index contributed by atoms with van der Waals surface area (Å²) in [7, 11) is 2.08. The molecule has 1 N–H and O–H groups in total. The van der Waals surface area contributed by atoms with Crippen LogP contribution < -0.4 is 5.32 Å². The summed E-state index contributed by atoms with van der Waals surface area (Å²) in [6.45, 7) is 6.96. The van der Waals surface area contributed by atoms with Crippen LogP contribution in [-0.4, -0.2) is 12.6 Å². The average Bonchev–Trinajstić information content (AvgIpc) is 1.98. The van der Waals surface area contributed by atoms with E-state index in [1.807, 2.05) is 0 Å². The number of hydrogen-bond acceptors (Lipinski definition) is 1. The Balaban J connectivity index is 2.54. The van der Waals surface area contributed by atoms with Gasteiger partial charge in [-0.05, 0) is 32.2 Å². The minimum Gasteiger partial charge on any atom is -0.314 e. The van der Waals surface area contributed by atoms with Crippen molar-refractivity contribution in [3.8, 4) is 0 Å². The molecule has 0 aromatic heterocycles. The van der Waals surface area contributed by atoms with Gasteiger partial charge < -0.3 is 5.32 Å². The van der Waals surface area contributed by atoms with E-state index in [-0.39, 0.29) is 0 Å². The van der Waals surface area contributed by atoms with E-state index >= 15 is 0 Å². The minimum absolute atomic E-state index is 0.439. The summed E-state index contributed by atoms with van der Waals surface area (Å²) in [4.78, 5) is 0. The lowest BCUT2D eigenvalue weighted by molar-refractivity contribution is 0.0299. The molecular formula is C9H19N. The van der Waals surface area contributed by atoms with Crippen LogP contribution in [0.3, 0.4) is 0 Å². The molecule has 1 heteroatoms. The molecule has 3 unspecified atom stereocenters. The van der Waals surface area contributed by atoms with E-state index in [4.69, 9.17) is 0 Å². The third-order valence-electron chi connectivity index (χ3n) is 3.54.